The molecule has 3 aliphatic heterocycles. The number of ether oxygens (including phenoxy) is 2. The maximum Gasteiger partial charge on any atom is 0.312 e. The van der Waals surface area contributed by atoms with Gasteiger partial charge in [0, 0.05) is 38.5 Å². The van der Waals surface area contributed by atoms with E-state index in [2.05, 4.69) is 0 Å². The van der Waals surface area contributed by atoms with Crippen molar-refractivity contribution in [3.63, 3.8) is 0 Å². The lowest BCUT2D eigenvalue weighted by atomic mass is 10.0. The molecule has 3 heterocycles. The molecular formula is C15H24N2O6S. The lowest BCUT2D eigenvalue weighted by molar-refractivity contribution is -0.189. The fraction of sp³-hybridized carbons (Fsp3) is 0.867. The van der Waals surface area contributed by atoms with Gasteiger partial charge in [-0.05, 0) is 13.3 Å². The molecule has 136 valence electrons. The zero-order chi connectivity index (χ0) is 17.4. The highest BCUT2D eigenvalue weighted by atomic mass is 32.2. The molecule has 3 saturated heterocycles. The van der Waals surface area contributed by atoms with Crippen LogP contribution in [0.1, 0.15) is 26.2 Å². The van der Waals surface area contributed by atoms with Crippen molar-refractivity contribution in [1.82, 2.24) is 9.80 Å². The molecule has 0 saturated carbocycles. The molecule has 1 spiro atoms. The average Bonchev–Trinajstić information content (AvgIpc) is 3.15. The van der Waals surface area contributed by atoms with Gasteiger partial charge in [0.15, 0.2) is 15.6 Å². The number of sulfone groups is 1. The molecule has 8 nitrogen and oxygen atoms in total. The van der Waals surface area contributed by atoms with Crippen LogP contribution in [0, 0.1) is 0 Å². The molecule has 0 aromatic heterocycles. The Kier molecular flexibility index (Phi) is 4.85. The van der Waals surface area contributed by atoms with E-state index in [-0.39, 0.29) is 11.5 Å². The third-order valence-electron chi connectivity index (χ3n) is 5.06. The number of likely N-dealkylation sites (N-methyl/N-ethyl adjacent to an activating group) is 1. The number of rotatable bonds is 2. The quantitative estimate of drug-likeness (QED) is 0.610. The minimum Gasteiger partial charge on any atom is -0.347 e. The van der Waals surface area contributed by atoms with E-state index in [1.54, 1.807) is 6.92 Å². The average molecular weight is 360 g/mol. The van der Waals surface area contributed by atoms with E-state index in [1.807, 2.05) is 0 Å². The molecule has 24 heavy (non-hydrogen) atoms. The third kappa shape index (κ3) is 3.43. The maximum absolute atomic E-state index is 12.6. The molecule has 9 heteroatoms. The van der Waals surface area contributed by atoms with E-state index in [1.165, 1.54) is 9.80 Å². The van der Waals surface area contributed by atoms with Crippen LogP contribution in [-0.2, 0) is 28.9 Å². The summed E-state index contributed by atoms with van der Waals surface area (Å²) >= 11 is 0. The number of hydrogen-bond donors (Lipinski definition) is 0. The summed E-state index contributed by atoms with van der Waals surface area (Å²) in [6.45, 7) is 4.03. The highest BCUT2D eigenvalue weighted by Gasteiger charge is 2.43. The van der Waals surface area contributed by atoms with E-state index >= 15 is 0 Å². The van der Waals surface area contributed by atoms with E-state index in [0.29, 0.717) is 52.1 Å². The Morgan fingerprint density at radius 2 is 1.83 bits per heavy atom. The number of carbonyl (C=O) groups is 2. The second kappa shape index (κ2) is 6.61. The Bertz CT molecular complexity index is 603. The van der Waals surface area contributed by atoms with Crippen LogP contribution < -0.4 is 0 Å². The van der Waals surface area contributed by atoms with Crippen LogP contribution in [0.5, 0.6) is 0 Å². The van der Waals surface area contributed by atoms with Gasteiger partial charge in [-0.25, -0.2) is 8.42 Å². The van der Waals surface area contributed by atoms with Crippen molar-refractivity contribution < 1.29 is 27.5 Å². The monoisotopic (exact) mass is 360 g/mol. The summed E-state index contributed by atoms with van der Waals surface area (Å²) in [5, 5.41) is 0. The molecule has 3 aliphatic rings. The Morgan fingerprint density at radius 1 is 1.21 bits per heavy atom. The Morgan fingerprint density at radius 3 is 2.33 bits per heavy atom. The highest BCUT2D eigenvalue weighted by molar-refractivity contribution is 7.91. The molecular weight excluding hydrogens is 336 g/mol. The predicted molar refractivity (Wildman–Crippen MR) is 84.9 cm³/mol. The topological polar surface area (TPSA) is 93.2 Å². The SMILES string of the molecule is CCN(C(=O)C(=O)N1CCC2(CC1)OCCO2)C1CCS(=O)(=O)C1. The van der Waals surface area contributed by atoms with Crippen molar-refractivity contribution >= 4 is 21.7 Å². The van der Waals surface area contributed by atoms with Crippen LogP contribution in [0.15, 0.2) is 0 Å². The number of piperidine rings is 1. The molecule has 0 aromatic carbocycles. The number of carbonyl (C=O) groups excluding carboxylic acids is 2. The zero-order valence-electron chi connectivity index (χ0n) is 13.9. The third-order valence-corrected chi connectivity index (χ3v) is 6.81. The largest absolute Gasteiger partial charge is 0.347 e. The van der Waals surface area contributed by atoms with Crippen molar-refractivity contribution in [2.75, 3.05) is 44.4 Å². The molecule has 0 bridgehead atoms. The number of hydrogen-bond acceptors (Lipinski definition) is 6. The van der Waals surface area contributed by atoms with Crippen LogP contribution in [0.2, 0.25) is 0 Å². The molecule has 1 atom stereocenters. The number of likely N-dealkylation sites (tertiary alicyclic amines) is 1. The summed E-state index contributed by atoms with van der Waals surface area (Å²) in [4.78, 5) is 28.0. The standard InChI is InChI=1S/C15H24N2O6S/c1-2-17(12-3-10-24(20,21)11-12)14(19)13(18)16-6-4-15(5-7-16)22-8-9-23-15/h12H,2-11H2,1H3. The fourth-order valence-electron chi connectivity index (χ4n) is 3.68. The molecule has 3 fully saturated rings. The van der Waals surface area contributed by atoms with Crippen LogP contribution in [-0.4, -0.2) is 86.2 Å². The smallest absolute Gasteiger partial charge is 0.312 e. The van der Waals surface area contributed by atoms with Gasteiger partial charge in [-0.15, -0.1) is 0 Å². The summed E-state index contributed by atoms with van der Waals surface area (Å²) in [5.41, 5.74) is 0. The number of amides is 2. The Labute approximate surface area is 142 Å². The van der Waals surface area contributed by atoms with Crippen LogP contribution in [0.4, 0.5) is 0 Å². The molecule has 3 rings (SSSR count). The first kappa shape index (κ1) is 17.6. The van der Waals surface area contributed by atoms with Gasteiger partial charge in [0.2, 0.25) is 0 Å². The second-order valence-corrected chi connectivity index (χ2v) is 8.78. The van der Waals surface area contributed by atoms with Crippen molar-refractivity contribution in [2.24, 2.45) is 0 Å². The van der Waals surface area contributed by atoms with E-state index in [9.17, 15) is 18.0 Å². The fourth-order valence-corrected chi connectivity index (χ4v) is 5.41. The normalized spacial score (nSPS) is 28.2. The van der Waals surface area contributed by atoms with Gasteiger partial charge in [0.25, 0.3) is 0 Å². The summed E-state index contributed by atoms with van der Waals surface area (Å²) in [6, 6.07) is -0.394. The summed E-state index contributed by atoms with van der Waals surface area (Å²) < 4.78 is 34.5. The Hall–Kier alpha value is -1.19. The van der Waals surface area contributed by atoms with Crippen molar-refractivity contribution in [1.29, 1.82) is 0 Å². The van der Waals surface area contributed by atoms with Gasteiger partial charge in [-0.1, -0.05) is 0 Å². The molecule has 1 unspecified atom stereocenters. The van der Waals surface area contributed by atoms with Crippen molar-refractivity contribution in [3.05, 3.63) is 0 Å². The molecule has 0 N–H and O–H groups in total. The van der Waals surface area contributed by atoms with E-state index < -0.39 is 33.5 Å². The van der Waals surface area contributed by atoms with Gasteiger partial charge < -0.3 is 19.3 Å². The van der Waals surface area contributed by atoms with E-state index in [0.717, 1.165) is 0 Å². The molecule has 2 amide bonds. The van der Waals surface area contributed by atoms with Gasteiger partial charge in [0.05, 0.1) is 24.7 Å². The van der Waals surface area contributed by atoms with Crippen LogP contribution in [0.25, 0.3) is 0 Å². The predicted octanol–water partition coefficient (Wildman–Crippen LogP) is -0.612. The molecule has 0 radical (unpaired) electrons. The van der Waals surface area contributed by atoms with Gasteiger partial charge in [0.1, 0.15) is 0 Å². The first-order valence-corrected chi connectivity index (χ1v) is 10.3. The van der Waals surface area contributed by atoms with Gasteiger partial charge in [-0.3, -0.25) is 9.59 Å². The molecule has 0 aromatic rings. The minimum atomic E-state index is -3.10. The maximum atomic E-state index is 12.6. The van der Waals surface area contributed by atoms with Gasteiger partial charge >= 0.3 is 11.8 Å². The summed E-state index contributed by atoms with van der Waals surface area (Å²) in [7, 11) is -3.10. The zero-order valence-corrected chi connectivity index (χ0v) is 14.7. The lowest BCUT2D eigenvalue weighted by Gasteiger charge is -2.38. The second-order valence-electron chi connectivity index (χ2n) is 6.55. The van der Waals surface area contributed by atoms with Crippen molar-refractivity contribution in [3.8, 4) is 0 Å². The summed E-state index contributed by atoms with van der Waals surface area (Å²) in [6.07, 6.45) is 1.51. The Balaban J connectivity index is 1.60. The lowest BCUT2D eigenvalue weighted by Crippen LogP contribution is -2.53. The number of nitrogens with zero attached hydrogens (tertiary/aromatic N) is 2. The summed E-state index contributed by atoms with van der Waals surface area (Å²) in [5.74, 6) is -1.73. The van der Waals surface area contributed by atoms with Crippen LogP contribution in [0.3, 0.4) is 0 Å². The van der Waals surface area contributed by atoms with Crippen LogP contribution >= 0.6 is 0 Å². The highest BCUT2D eigenvalue weighted by Crippen LogP contribution is 2.31. The first-order valence-electron chi connectivity index (χ1n) is 8.44. The van der Waals surface area contributed by atoms with Gasteiger partial charge in [-0.2, -0.15) is 0 Å². The molecule has 0 aliphatic carbocycles. The van der Waals surface area contributed by atoms with Crippen molar-refractivity contribution in [2.45, 2.75) is 38.0 Å². The van der Waals surface area contributed by atoms with E-state index in [4.69, 9.17) is 9.47 Å². The first-order chi connectivity index (χ1) is 11.4. The minimum absolute atomic E-state index is 0.0509.